The second-order valence-electron chi connectivity index (χ2n) is 5.11. The first-order chi connectivity index (χ1) is 11.6. The summed E-state index contributed by atoms with van der Waals surface area (Å²) in [5.74, 6) is 0.397. The molecular formula is C15H16N8O. The molecule has 3 aromatic rings. The van der Waals surface area contributed by atoms with Gasteiger partial charge in [0.15, 0.2) is 11.6 Å². The molecule has 0 saturated carbocycles. The monoisotopic (exact) mass is 324 g/mol. The van der Waals surface area contributed by atoms with Crippen molar-refractivity contribution < 1.29 is 4.79 Å². The highest BCUT2D eigenvalue weighted by molar-refractivity contribution is 5.94. The predicted molar refractivity (Wildman–Crippen MR) is 88.4 cm³/mol. The summed E-state index contributed by atoms with van der Waals surface area (Å²) in [7, 11) is 0. The summed E-state index contributed by atoms with van der Waals surface area (Å²) in [5, 5.41) is 4.35. The number of hydrogen-bond acceptors (Lipinski definition) is 7. The van der Waals surface area contributed by atoms with Crippen LogP contribution in [0.15, 0.2) is 36.9 Å². The van der Waals surface area contributed by atoms with Crippen molar-refractivity contribution >= 4 is 17.4 Å². The Morgan fingerprint density at radius 3 is 2.62 bits per heavy atom. The van der Waals surface area contributed by atoms with Crippen LogP contribution >= 0.6 is 0 Å². The Balaban J connectivity index is 1.81. The summed E-state index contributed by atoms with van der Waals surface area (Å²) >= 11 is 0. The number of carbonyl (C=O) groups excluding carboxylic acids is 1. The summed E-state index contributed by atoms with van der Waals surface area (Å²) in [6.45, 7) is 3.79. The van der Waals surface area contributed by atoms with Crippen LogP contribution in [0.3, 0.4) is 0 Å². The van der Waals surface area contributed by atoms with Gasteiger partial charge in [0.05, 0.1) is 5.69 Å². The topological polar surface area (TPSA) is 124 Å². The third kappa shape index (κ3) is 3.00. The smallest absolute Gasteiger partial charge is 0.269 e. The molecule has 1 amide bonds. The van der Waals surface area contributed by atoms with Gasteiger partial charge in [-0.15, -0.1) is 0 Å². The molecule has 3 rings (SSSR count). The Hall–Kier alpha value is -3.49. The van der Waals surface area contributed by atoms with E-state index in [0.29, 0.717) is 11.4 Å². The summed E-state index contributed by atoms with van der Waals surface area (Å²) in [4.78, 5) is 24.1. The number of hydrogen-bond donors (Lipinski definition) is 3. The van der Waals surface area contributed by atoms with Gasteiger partial charge in [0.1, 0.15) is 12.0 Å². The second-order valence-corrected chi connectivity index (χ2v) is 5.11. The van der Waals surface area contributed by atoms with Crippen molar-refractivity contribution in [1.29, 1.82) is 0 Å². The minimum atomic E-state index is -0.330. The van der Waals surface area contributed by atoms with E-state index >= 15 is 0 Å². The van der Waals surface area contributed by atoms with Gasteiger partial charge in [-0.2, -0.15) is 5.10 Å². The van der Waals surface area contributed by atoms with Gasteiger partial charge in [0.2, 0.25) is 0 Å². The SMILES string of the molecule is Cc1cc(C)n(-c2ncnc(NNC(=O)c3ccncc3)c2N)n1. The lowest BCUT2D eigenvalue weighted by molar-refractivity contribution is 0.0962. The van der Waals surface area contributed by atoms with Gasteiger partial charge in [-0.05, 0) is 32.0 Å². The molecule has 0 atom stereocenters. The third-order valence-electron chi connectivity index (χ3n) is 3.31. The van der Waals surface area contributed by atoms with Crippen LogP contribution in [0.5, 0.6) is 0 Å². The van der Waals surface area contributed by atoms with E-state index in [1.165, 1.54) is 18.7 Å². The van der Waals surface area contributed by atoms with E-state index < -0.39 is 0 Å². The Labute approximate surface area is 137 Å². The molecule has 24 heavy (non-hydrogen) atoms. The van der Waals surface area contributed by atoms with Gasteiger partial charge >= 0.3 is 0 Å². The highest BCUT2D eigenvalue weighted by atomic mass is 16.2. The van der Waals surface area contributed by atoms with E-state index in [9.17, 15) is 4.79 Å². The van der Waals surface area contributed by atoms with E-state index in [0.717, 1.165) is 11.4 Å². The Morgan fingerprint density at radius 2 is 1.96 bits per heavy atom. The van der Waals surface area contributed by atoms with Gasteiger partial charge in [-0.3, -0.25) is 20.6 Å². The number of nitrogens with zero attached hydrogens (tertiary/aromatic N) is 5. The number of rotatable bonds is 4. The molecule has 9 nitrogen and oxygen atoms in total. The van der Waals surface area contributed by atoms with Gasteiger partial charge in [-0.1, -0.05) is 0 Å². The summed E-state index contributed by atoms with van der Waals surface area (Å²) in [6, 6.07) is 5.11. The molecule has 0 aromatic carbocycles. The van der Waals surface area contributed by atoms with Crippen LogP contribution in [0, 0.1) is 13.8 Å². The highest BCUT2D eigenvalue weighted by Gasteiger charge is 2.14. The molecule has 3 aromatic heterocycles. The number of hydrazine groups is 1. The minimum absolute atomic E-state index is 0.277. The first-order valence-corrected chi connectivity index (χ1v) is 7.16. The first-order valence-electron chi connectivity index (χ1n) is 7.16. The van der Waals surface area contributed by atoms with E-state index in [1.54, 1.807) is 16.8 Å². The molecule has 3 heterocycles. The Bertz CT molecular complexity index is 874. The van der Waals surface area contributed by atoms with Crippen molar-refractivity contribution in [2.45, 2.75) is 13.8 Å². The molecule has 0 radical (unpaired) electrons. The average molecular weight is 324 g/mol. The van der Waals surface area contributed by atoms with Crippen LogP contribution in [0.25, 0.3) is 5.82 Å². The number of nitrogens with two attached hydrogens (primary N) is 1. The van der Waals surface area contributed by atoms with Gasteiger partial charge in [0.25, 0.3) is 5.91 Å². The maximum Gasteiger partial charge on any atom is 0.269 e. The zero-order chi connectivity index (χ0) is 17.1. The summed E-state index contributed by atoms with van der Waals surface area (Å²) in [5.41, 5.74) is 13.8. The number of aromatic nitrogens is 5. The van der Waals surface area contributed by atoms with E-state index in [1.807, 2.05) is 19.9 Å². The maximum atomic E-state index is 12.0. The number of nitrogens with one attached hydrogen (secondary N) is 2. The molecule has 0 aliphatic carbocycles. The van der Waals surface area contributed by atoms with Crippen LogP contribution in [0.1, 0.15) is 21.7 Å². The Morgan fingerprint density at radius 1 is 1.21 bits per heavy atom. The van der Waals surface area contributed by atoms with Crippen molar-refractivity contribution in [3.05, 3.63) is 53.9 Å². The molecule has 122 valence electrons. The fraction of sp³-hybridized carbons (Fsp3) is 0.133. The molecule has 4 N–H and O–H groups in total. The molecule has 0 unspecified atom stereocenters. The van der Waals surface area contributed by atoms with Crippen molar-refractivity contribution in [3.8, 4) is 5.82 Å². The van der Waals surface area contributed by atoms with Crippen LogP contribution in [0.2, 0.25) is 0 Å². The molecule has 0 aliphatic heterocycles. The standard InChI is InChI=1S/C15H16N8O/c1-9-7-10(2)23(22-9)14-12(16)13(18-8-19-14)20-21-15(24)11-3-5-17-6-4-11/h3-8H,16H2,1-2H3,(H,21,24)(H,18,19,20). The van der Waals surface area contributed by atoms with Crippen LogP contribution in [-0.2, 0) is 0 Å². The molecule has 0 aliphatic rings. The number of pyridine rings is 1. The van der Waals surface area contributed by atoms with Crippen molar-refractivity contribution in [1.82, 2.24) is 30.2 Å². The van der Waals surface area contributed by atoms with E-state index in [4.69, 9.17) is 5.73 Å². The largest absolute Gasteiger partial charge is 0.393 e. The predicted octanol–water partition coefficient (Wildman–Crippen LogP) is 1.01. The molecule has 0 bridgehead atoms. The molecular weight excluding hydrogens is 308 g/mol. The number of anilines is 2. The molecule has 0 spiro atoms. The van der Waals surface area contributed by atoms with E-state index in [-0.39, 0.29) is 17.4 Å². The average Bonchev–Trinajstić information content (AvgIpc) is 2.92. The van der Waals surface area contributed by atoms with Crippen molar-refractivity contribution in [3.63, 3.8) is 0 Å². The lowest BCUT2D eigenvalue weighted by Gasteiger charge is -2.12. The fourth-order valence-electron chi connectivity index (χ4n) is 2.19. The van der Waals surface area contributed by atoms with Crippen LogP contribution < -0.4 is 16.6 Å². The number of carbonyl (C=O) groups is 1. The molecule has 9 heteroatoms. The fourth-order valence-corrected chi connectivity index (χ4v) is 2.19. The van der Waals surface area contributed by atoms with E-state index in [2.05, 4.69) is 30.9 Å². The van der Waals surface area contributed by atoms with Crippen molar-refractivity contribution in [2.75, 3.05) is 11.2 Å². The maximum absolute atomic E-state index is 12.0. The number of nitrogen functional groups attached to an aromatic ring is 1. The summed E-state index contributed by atoms with van der Waals surface area (Å²) < 4.78 is 1.63. The van der Waals surface area contributed by atoms with Crippen LogP contribution in [-0.4, -0.2) is 30.6 Å². The second kappa shape index (κ2) is 6.32. The lowest BCUT2D eigenvalue weighted by atomic mass is 10.3. The van der Waals surface area contributed by atoms with Gasteiger partial charge in [-0.25, -0.2) is 14.6 Å². The highest BCUT2D eigenvalue weighted by Crippen LogP contribution is 2.22. The summed E-state index contributed by atoms with van der Waals surface area (Å²) in [6.07, 6.45) is 4.42. The number of amides is 1. The molecule has 0 saturated heterocycles. The van der Waals surface area contributed by atoms with Crippen molar-refractivity contribution in [2.24, 2.45) is 0 Å². The van der Waals surface area contributed by atoms with Crippen LogP contribution in [0.4, 0.5) is 11.5 Å². The first kappa shape index (κ1) is 15.4. The Kier molecular flexibility index (Phi) is 4.06. The lowest BCUT2D eigenvalue weighted by Crippen LogP contribution is -2.30. The van der Waals surface area contributed by atoms with Gasteiger partial charge < -0.3 is 5.73 Å². The zero-order valence-corrected chi connectivity index (χ0v) is 13.2. The zero-order valence-electron chi connectivity index (χ0n) is 13.2. The third-order valence-corrected chi connectivity index (χ3v) is 3.31. The minimum Gasteiger partial charge on any atom is -0.393 e. The quantitative estimate of drug-likeness (QED) is 0.612. The normalized spacial score (nSPS) is 10.4. The molecule has 0 fully saturated rings. The van der Waals surface area contributed by atoms with Gasteiger partial charge in [0, 0.05) is 23.7 Å². The number of aryl methyl sites for hydroxylation is 2.